The van der Waals surface area contributed by atoms with E-state index in [0.29, 0.717) is 62.1 Å². The van der Waals surface area contributed by atoms with E-state index in [0.717, 1.165) is 29.8 Å². The number of amides is 2. The van der Waals surface area contributed by atoms with E-state index in [4.69, 9.17) is 11.6 Å². The maximum Gasteiger partial charge on any atom is 0.389 e. The van der Waals surface area contributed by atoms with Crippen molar-refractivity contribution in [3.63, 3.8) is 0 Å². The van der Waals surface area contributed by atoms with Gasteiger partial charge < -0.3 is 20.5 Å². The molecule has 1 aromatic heterocycles. The molecule has 3 saturated heterocycles. The average Bonchev–Trinajstić information content (AvgIpc) is 3.57. The predicted octanol–water partition coefficient (Wildman–Crippen LogP) is 5.89. The summed E-state index contributed by atoms with van der Waals surface area (Å²) < 4.78 is 66.4. The van der Waals surface area contributed by atoms with E-state index in [9.17, 15) is 31.2 Å². The second-order valence-electron chi connectivity index (χ2n) is 13.6. The van der Waals surface area contributed by atoms with E-state index in [1.165, 1.54) is 0 Å². The number of sulfonamides is 1. The molecular formula is C33H41ClF3N5O4S. The van der Waals surface area contributed by atoms with E-state index >= 15 is 0 Å². The molecule has 0 saturated carbocycles. The molecule has 2 bridgehead atoms. The van der Waals surface area contributed by atoms with Gasteiger partial charge in [-0.1, -0.05) is 11.6 Å². The number of benzene rings is 1. The number of nitrogens with one attached hydrogen (secondary N) is 3. The van der Waals surface area contributed by atoms with Crippen LogP contribution in [0.3, 0.4) is 0 Å². The zero-order valence-electron chi connectivity index (χ0n) is 26.6. The van der Waals surface area contributed by atoms with Crippen LogP contribution in [0.4, 0.5) is 18.9 Å². The SMILES string of the molecule is Cc1cc(C)c(/C=C2\C(=O)Nc3cc(Cl)c(C(=O)NC4C[C@H]5CC[C@@H](C4)N5S(=O)(=O)CC4CCN(CCCC(F)(F)F)CC4)cc32)[nH]1. The van der Waals surface area contributed by atoms with Crippen LogP contribution in [-0.2, 0) is 14.8 Å². The summed E-state index contributed by atoms with van der Waals surface area (Å²) >= 11 is 6.53. The van der Waals surface area contributed by atoms with Crippen LogP contribution in [0.1, 0.15) is 84.2 Å². The van der Waals surface area contributed by atoms with Gasteiger partial charge in [-0.25, -0.2) is 8.42 Å². The highest BCUT2D eigenvalue weighted by molar-refractivity contribution is 7.89. The monoisotopic (exact) mass is 695 g/mol. The van der Waals surface area contributed by atoms with E-state index in [1.54, 1.807) is 22.5 Å². The molecule has 0 radical (unpaired) electrons. The third-order valence-corrected chi connectivity index (χ3v) is 12.5. The number of rotatable bonds is 9. The smallest absolute Gasteiger partial charge is 0.359 e. The molecule has 3 fully saturated rings. The van der Waals surface area contributed by atoms with Crippen LogP contribution < -0.4 is 10.6 Å². The number of halogens is 4. The molecule has 3 atom stereocenters. The Morgan fingerprint density at radius 2 is 1.77 bits per heavy atom. The number of H-pyrrole nitrogens is 1. The largest absolute Gasteiger partial charge is 0.389 e. The average molecular weight is 696 g/mol. The highest BCUT2D eigenvalue weighted by Gasteiger charge is 2.47. The summed E-state index contributed by atoms with van der Waals surface area (Å²) in [6.07, 6.45) is 0.632. The summed E-state index contributed by atoms with van der Waals surface area (Å²) in [7, 11) is -3.54. The van der Waals surface area contributed by atoms with Gasteiger partial charge in [-0.15, -0.1) is 0 Å². The van der Waals surface area contributed by atoms with Crippen molar-refractivity contribution in [3.8, 4) is 0 Å². The molecule has 2 aromatic rings. The minimum atomic E-state index is -4.15. The fourth-order valence-corrected chi connectivity index (χ4v) is 10.4. The van der Waals surface area contributed by atoms with E-state index in [1.807, 2.05) is 24.8 Å². The summed E-state index contributed by atoms with van der Waals surface area (Å²) in [5.74, 6) is -0.631. The van der Waals surface area contributed by atoms with Crippen LogP contribution in [0.25, 0.3) is 11.6 Å². The normalized spacial score (nSPS) is 24.9. The first-order chi connectivity index (χ1) is 22.2. The lowest BCUT2D eigenvalue weighted by Crippen LogP contribution is -2.53. The molecule has 6 rings (SSSR count). The standard InChI is InChI=1S/C33H41ClF3N5O4S/c1-19-12-20(2)38-29(19)16-26-25-15-27(28(34)17-30(25)40-31(26)43)32(44)39-22-13-23-4-5-24(14-22)42(23)47(45,46)18-21-6-10-41(11-7-21)9-3-8-33(35,36)37/h12,15-17,21-24,38H,3-11,13-14,18H2,1-2H3,(H,39,44)(H,40,43)/b26-16-/t22?,23-,24+. The quantitative estimate of drug-likeness (QED) is 0.283. The van der Waals surface area contributed by atoms with E-state index in [-0.39, 0.29) is 58.6 Å². The maximum absolute atomic E-state index is 13.6. The minimum absolute atomic E-state index is 0.0251. The molecular weight excluding hydrogens is 655 g/mol. The summed E-state index contributed by atoms with van der Waals surface area (Å²) in [6, 6.07) is 4.58. The predicted molar refractivity (Wildman–Crippen MR) is 176 cm³/mol. The Morgan fingerprint density at radius 3 is 2.38 bits per heavy atom. The van der Waals surface area contributed by atoms with Gasteiger partial charge in [0.25, 0.3) is 11.8 Å². The van der Waals surface area contributed by atoms with Crippen molar-refractivity contribution in [1.29, 1.82) is 0 Å². The maximum atomic E-state index is 13.6. The van der Waals surface area contributed by atoms with E-state index < -0.39 is 22.6 Å². The molecule has 4 aliphatic heterocycles. The Bertz CT molecular complexity index is 1670. The molecule has 1 aromatic carbocycles. The molecule has 256 valence electrons. The van der Waals surface area contributed by atoms with Crippen molar-refractivity contribution in [2.75, 3.05) is 30.7 Å². The highest BCUT2D eigenvalue weighted by Crippen LogP contribution is 2.40. The number of anilines is 1. The van der Waals surface area contributed by atoms with Gasteiger partial charge >= 0.3 is 6.18 Å². The number of aromatic nitrogens is 1. The molecule has 2 amide bonds. The lowest BCUT2D eigenvalue weighted by atomic mass is 9.98. The number of hydrogen-bond donors (Lipinski definition) is 3. The van der Waals surface area contributed by atoms with Gasteiger partial charge in [0.05, 0.1) is 27.6 Å². The van der Waals surface area contributed by atoms with Crippen LogP contribution >= 0.6 is 11.6 Å². The fraction of sp³-hybridized carbons (Fsp3) is 0.576. The van der Waals surface area contributed by atoms with Gasteiger partial charge in [0.15, 0.2) is 0 Å². The number of nitrogens with zero attached hydrogens (tertiary/aromatic N) is 2. The lowest BCUT2D eigenvalue weighted by molar-refractivity contribution is -0.136. The number of likely N-dealkylation sites (tertiary alicyclic amines) is 1. The molecule has 14 heteroatoms. The molecule has 0 aliphatic carbocycles. The van der Waals surface area contributed by atoms with E-state index in [2.05, 4.69) is 15.6 Å². The zero-order valence-corrected chi connectivity index (χ0v) is 28.1. The summed E-state index contributed by atoms with van der Waals surface area (Å²) in [5.41, 5.74) is 4.58. The number of hydrogen-bond acceptors (Lipinski definition) is 5. The van der Waals surface area contributed by atoms with Crippen molar-refractivity contribution in [2.24, 2.45) is 5.92 Å². The van der Waals surface area contributed by atoms with Gasteiger partial charge in [0.2, 0.25) is 10.0 Å². The van der Waals surface area contributed by atoms with Gasteiger partial charge in [0.1, 0.15) is 0 Å². The molecule has 4 aliphatic rings. The number of fused-ring (bicyclic) bond motifs is 3. The number of alkyl halides is 3. The Kier molecular flexibility index (Phi) is 9.56. The number of carbonyl (C=O) groups excluding carboxylic acids is 2. The van der Waals surface area contributed by atoms with Gasteiger partial charge in [0, 0.05) is 41.5 Å². The number of carbonyl (C=O) groups is 2. The van der Waals surface area contributed by atoms with Crippen LogP contribution in [-0.4, -0.2) is 84.1 Å². The Labute approximate surface area is 278 Å². The summed E-state index contributed by atoms with van der Waals surface area (Å²) in [6.45, 7) is 5.48. The van der Waals surface area contributed by atoms with Crippen molar-refractivity contribution >= 4 is 50.8 Å². The fourth-order valence-electron chi connectivity index (χ4n) is 7.81. The Hall–Kier alpha value is -2.87. The first-order valence-corrected chi connectivity index (χ1v) is 18.3. The zero-order chi connectivity index (χ0) is 33.7. The van der Waals surface area contributed by atoms with Crippen LogP contribution in [0.2, 0.25) is 5.02 Å². The molecule has 0 spiro atoms. The minimum Gasteiger partial charge on any atom is -0.359 e. The summed E-state index contributed by atoms with van der Waals surface area (Å²) in [5, 5.41) is 6.13. The number of aryl methyl sites for hydroxylation is 2. The Morgan fingerprint density at radius 1 is 1.09 bits per heavy atom. The van der Waals surface area contributed by atoms with Crippen LogP contribution in [0, 0.1) is 19.8 Å². The lowest BCUT2D eigenvalue weighted by Gasteiger charge is -2.39. The molecule has 5 heterocycles. The number of aromatic amines is 1. The van der Waals surface area contributed by atoms with Crippen molar-refractivity contribution in [1.82, 2.24) is 19.5 Å². The molecule has 9 nitrogen and oxygen atoms in total. The van der Waals surface area contributed by atoms with Gasteiger partial charge in [-0.2, -0.15) is 17.5 Å². The third-order valence-electron chi connectivity index (χ3n) is 10.0. The van der Waals surface area contributed by atoms with Gasteiger partial charge in [-0.3, -0.25) is 9.59 Å². The molecule has 3 N–H and O–H groups in total. The first kappa shape index (κ1) is 34.0. The van der Waals surface area contributed by atoms with Crippen molar-refractivity contribution < 1.29 is 31.2 Å². The molecule has 1 unspecified atom stereocenters. The van der Waals surface area contributed by atoms with Gasteiger partial charge in [-0.05, 0) is 114 Å². The highest BCUT2D eigenvalue weighted by atomic mass is 35.5. The first-order valence-electron chi connectivity index (χ1n) is 16.3. The summed E-state index contributed by atoms with van der Waals surface area (Å²) in [4.78, 5) is 31.6. The van der Waals surface area contributed by atoms with Crippen molar-refractivity contribution in [3.05, 3.63) is 51.3 Å². The topological polar surface area (TPSA) is 115 Å². The van der Waals surface area contributed by atoms with Crippen LogP contribution in [0.15, 0.2) is 18.2 Å². The number of piperidine rings is 2. The second kappa shape index (κ2) is 13.2. The van der Waals surface area contributed by atoms with Crippen LogP contribution in [0.5, 0.6) is 0 Å². The second-order valence-corrected chi connectivity index (χ2v) is 15.9. The third kappa shape index (κ3) is 7.58. The Balaban J connectivity index is 1.07. The molecule has 47 heavy (non-hydrogen) atoms. The van der Waals surface area contributed by atoms with Crippen molar-refractivity contribution in [2.45, 2.75) is 89.5 Å².